The number of methoxy groups -OCH3 is 1. The summed E-state index contributed by atoms with van der Waals surface area (Å²) in [6.45, 7) is 3.96. The van der Waals surface area contributed by atoms with Crippen LogP contribution in [0, 0.1) is 0 Å². The molecule has 55 heavy (non-hydrogen) atoms. The molecule has 12 heteroatoms. The van der Waals surface area contributed by atoms with E-state index in [1.807, 2.05) is 78.9 Å². The molecule has 1 aliphatic heterocycles. The lowest BCUT2D eigenvalue weighted by molar-refractivity contribution is -0.146. The van der Waals surface area contributed by atoms with Gasteiger partial charge in [-0.1, -0.05) is 80.4 Å². The molecule has 5 rings (SSSR count). The largest absolute Gasteiger partial charge is 0.497 e. The van der Waals surface area contributed by atoms with Crippen LogP contribution in [0.15, 0.2) is 97.1 Å². The van der Waals surface area contributed by atoms with E-state index in [1.54, 1.807) is 12.0 Å². The molecule has 1 aliphatic rings. The summed E-state index contributed by atoms with van der Waals surface area (Å²) in [7, 11) is 1.59. The summed E-state index contributed by atoms with van der Waals surface area (Å²) in [5.74, 6) is -0.124. The van der Waals surface area contributed by atoms with E-state index in [1.165, 1.54) is 4.90 Å². The van der Waals surface area contributed by atoms with E-state index in [4.69, 9.17) is 4.74 Å². The zero-order valence-electron chi connectivity index (χ0n) is 31.1. The Kier molecular flexibility index (Phi) is 13.9. The van der Waals surface area contributed by atoms with Gasteiger partial charge in [0.25, 0.3) is 0 Å². The third kappa shape index (κ3) is 11.5. The van der Waals surface area contributed by atoms with E-state index in [0.29, 0.717) is 44.1 Å². The molecule has 4 aromatic carbocycles. The summed E-state index contributed by atoms with van der Waals surface area (Å²) in [5.41, 5.74) is 0.479. The maximum Gasteiger partial charge on any atom is 0.416 e. The number of anilines is 1. The molecular formula is C43H47F6N3O3. The Morgan fingerprint density at radius 3 is 1.95 bits per heavy atom. The number of carbonyl (C=O) groups is 2. The second kappa shape index (κ2) is 18.6. The van der Waals surface area contributed by atoms with Crippen molar-refractivity contribution in [3.05, 3.63) is 130 Å². The highest BCUT2D eigenvalue weighted by atomic mass is 19.4. The van der Waals surface area contributed by atoms with Crippen molar-refractivity contribution in [1.29, 1.82) is 0 Å². The van der Waals surface area contributed by atoms with Gasteiger partial charge in [-0.15, -0.1) is 0 Å². The van der Waals surface area contributed by atoms with Gasteiger partial charge >= 0.3 is 12.4 Å². The Morgan fingerprint density at radius 1 is 0.709 bits per heavy atom. The molecule has 0 N–H and O–H groups in total. The van der Waals surface area contributed by atoms with Crippen LogP contribution in [0.5, 0.6) is 5.75 Å². The number of hydrogen-bond donors (Lipinski definition) is 0. The predicted octanol–water partition coefficient (Wildman–Crippen LogP) is 9.39. The maximum absolute atomic E-state index is 14.6. The maximum atomic E-state index is 14.6. The minimum Gasteiger partial charge on any atom is -0.497 e. The highest BCUT2D eigenvalue weighted by Crippen LogP contribution is 2.37. The van der Waals surface area contributed by atoms with Crippen LogP contribution in [-0.4, -0.2) is 60.9 Å². The Hall–Kier alpha value is -5.00. The molecule has 1 heterocycles. The molecule has 0 bridgehead atoms. The Bertz CT molecular complexity index is 1820. The molecule has 1 atom stereocenters. The SMILES string of the molecule is CCCCCc1ccc(CN(C(=O)CCc2cc(C(F)(F)F)cc(C(F)(F)F)c2)[C@@H](Cc2ccccc2)C(=O)N2CCN(c3cccc(OC)c3)CC2)cc1. The van der Waals surface area contributed by atoms with Crippen molar-refractivity contribution < 1.29 is 40.7 Å². The third-order valence-electron chi connectivity index (χ3n) is 9.98. The predicted molar refractivity (Wildman–Crippen MR) is 201 cm³/mol. The van der Waals surface area contributed by atoms with E-state index in [2.05, 4.69) is 11.8 Å². The lowest BCUT2D eigenvalue weighted by Crippen LogP contribution is -2.56. The van der Waals surface area contributed by atoms with Crippen molar-refractivity contribution in [2.75, 3.05) is 38.2 Å². The summed E-state index contributed by atoms with van der Waals surface area (Å²) in [6.07, 6.45) is -6.55. The lowest BCUT2D eigenvalue weighted by Gasteiger charge is -2.40. The number of unbranched alkanes of at least 4 members (excludes halogenated alkanes) is 2. The summed E-state index contributed by atoms with van der Waals surface area (Å²) < 4.78 is 87.3. The molecule has 6 nitrogen and oxygen atoms in total. The molecule has 0 radical (unpaired) electrons. The van der Waals surface area contributed by atoms with Crippen LogP contribution in [0.3, 0.4) is 0 Å². The highest BCUT2D eigenvalue weighted by Gasteiger charge is 2.38. The quantitative estimate of drug-likeness (QED) is 0.0894. The first-order valence-electron chi connectivity index (χ1n) is 18.6. The first kappa shape index (κ1) is 41.2. The molecule has 0 aromatic heterocycles. The molecule has 0 spiro atoms. The van der Waals surface area contributed by atoms with E-state index in [9.17, 15) is 35.9 Å². The monoisotopic (exact) mass is 767 g/mol. The van der Waals surface area contributed by atoms with Crippen LogP contribution in [0.2, 0.25) is 0 Å². The molecule has 1 saturated heterocycles. The number of amides is 2. The number of rotatable bonds is 15. The second-order valence-corrected chi connectivity index (χ2v) is 13.9. The fraction of sp³-hybridized carbons (Fsp3) is 0.395. The highest BCUT2D eigenvalue weighted by molar-refractivity contribution is 5.88. The minimum atomic E-state index is -5.02. The van der Waals surface area contributed by atoms with Crippen molar-refractivity contribution >= 4 is 17.5 Å². The number of hydrogen-bond acceptors (Lipinski definition) is 4. The summed E-state index contributed by atoms with van der Waals surface area (Å²) >= 11 is 0. The van der Waals surface area contributed by atoms with Crippen molar-refractivity contribution in [3.8, 4) is 5.75 Å². The van der Waals surface area contributed by atoms with Gasteiger partial charge in [0.2, 0.25) is 11.8 Å². The Labute approximate surface area is 318 Å². The number of benzene rings is 4. The summed E-state index contributed by atoms with van der Waals surface area (Å²) in [6, 6.07) is 25.0. The summed E-state index contributed by atoms with van der Waals surface area (Å²) in [5, 5.41) is 0. The average molecular weight is 768 g/mol. The molecule has 0 unspecified atom stereocenters. The second-order valence-electron chi connectivity index (χ2n) is 13.9. The zero-order valence-corrected chi connectivity index (χ0v) is 31.1. The van der Waals surface area contributed by atoms with Crippen LogP contribution >= 0.6 is 0 Å². The van der Waals surface area contributed by atoms with Crippen LogP contribution in [0.1, 0.15) is 66.0 Å². The van der Waals surface area contributed by atoms with Gasteiger partial charge in [-0.3, -0.25) is 9.59 Å². The zero-order chi connectivity index (χ0) is 39.6. The van der Waals surface area contributed by atoms with Crippen LogP contribution in [0.25, 0.3) is 0 Å². The topological polar surface area (TPSA) is 53.1 Å². The molecule has 294 valence electrons. The van der Waals surface area contributed by atoms with Gasteiger partial charge in [-0.2, -0.15) is 26.3 Å². The van der Waals surface area contributed by atoms with Gasteiger partial charge in [-0.05, 0) is 71.8 Å². The number of alkyl halides is 6. The van der Waals surface area contributed by atoms with Crippen LogP contribution in [0.4, 0.5) is 32.0 Å². The van der Waals surface area contributed by atoms with E-state index in [0.717, 1.165) is 48.1 Å². The average Bonchev–Trinajstić information content (AvgIpc) is 3.18. The van der Waals surface area contributed by atoms with Crippen molar-refractivity contribution in [2.45, 2.75) is 76.8 Å². The van der Waals surface area contributed by atoms with Crippen molar-refractivity contribution in [3.63, 3.8) is 0 Å². The number of nitrogens with zero attached hydrogens (tertiary/aromatic N) is 3. The van der Waals surface area contributed by atoms with Gasteiger partial charge < -0.3 is 19.4 Å². The molecule has 4 aromatic rings. The normalized spacial score (nSPS) is 14.1. The van der Waals surface area contributed by atoms with Crippen LogP contribution < -0.4 is 9.64 Å². The fourth-order valence-electron chi connectivity index (χ4n) is 6.89. The van der Waals surface area contributed by atoms with E-state index < -0.39 is 41.8 Å². The fourth-order valence-corrected chi connectivity index (χ4v) is 6.89. The minimum absolute atomic E-state index is 0.0253. The van der Waals surface area contributed by atoms with Crippen molar-refractivity contribution in [1.82, 2.24) is 9.80 Å². The summed E-state index contributed by atoms with van der Waals surface area (Å²) in [4.78, 5) is 34.3. The Morgan fingerprint density at radius 2 is 1.35 bits per heavy atom. The number of halogens is 6. The number of ether oxygens (including phenoxy) is 1. The van der Waals surface area contributed by atoms with Gasteiger partial charge in [0.05, 0.1) is 18.2 Å². The first-order chi connectivity index (χ1) is 26.2. The number of carbonyl (C=O) groups excluding carboxylic acids is 2. The van der Waals surface area contributed by atoms with Gasteiger partial charge in [0, 0.05) is 57.3 Å². The van der Waals surface area contributed by atoms with Gasteiger partial charge in [-0.25, -0.2) is 0 Å². The molecular weight excluding hydrogens is 720 g/mol. The van der Waals surface area contributed by atoms with Crippen LogP contribution in [-0.2, 0) is 47.7 Å². The first-order valence-corrected chi connectivity index (χ1v) is 18.6. The molecule has 2 amide bonds. The molecule has 0 aliphatic carbocycles. The number of aryl methyl sites for hydroxylation is 2. The smallest absolute Gasteiger partial charge is 0.416 e. The lowest BCUT2D eigenvalue weighted by atomic mass is 9.98. The van der Waals surface area contributed by atoms with E-state index >= 15 is 0 Å². The van der Waals surface area contributed by atoms with Crippen molar-refractivity contribution in [2.24, 2.45) is 0 Å². The van der Waals surface area contributed by atoms with Gasteiger partial charge in [0.1, 0.15) is 11.8 Å². The third-order valence-corrected chi connectivity index (χ3v) is 9.98. The van der Waals surface area contributed by atoms with Gasteiger partial charge in [0.15, 0.2) is 0 Å². The Balaban J connectivity index is 1.44. The van der Waals surface area contributed by atoms with E-state index in [-0.39, 0.29) is 36.9 Å². The number of piperazine rings is 1. The molecule has 0 saturated carbocycles. The standard InChI is InChI=1S/C43H47F6N3O3/c1-3-4-6-10-31-15-17-33(18-16-31)30-52(40(53)20-19-34-25-35(42(44,45)46)28-36(26-34)43(47,48)49)39(27-32-11-7-5-8-12-32)41(54)51-23-21-50(22-24-51)37-13-9-14-38(29-37)55-2/h5,7-9,11-18,25-26,28-29,39H,3-4,6,10,19-24,27,30H2,1-2H3/t39-/m0/s1. The molecule has 1 fully saturated rings.